The lowest BCUT2D eigenvalue weighted by molar-refractivity contribution is -0.870. The summed E-state index contributed by atoms with van der Waals surface area (Å²) in [7, 11) is 2.06. The molecule has 1 atom stereocenters. The molecule has 0 amide bonds. The Balaban J connectivity index is 4.39. The smallest absolute Gasteiger partial charge is 0.329 e. The average Bonchev–Trinajstić information content (AvgIpc) is 2.10. The van der Waals surface area contributed by atoms with E-state index >= 15 is 0 Å². The Morgan fingerprint density at radius 2 is 1.50 bits per heavy atom. The average molecular weight is 310 g/mol. The van der Waals surface area contributed by atoms with Crippen LogP contribution >= 0.6 is 7.82 Å². The van der Waals surface area contributed by atoms with Crippen LogP contribution in [0.5, 0.6) is 0 Å². The van der Waals surface area contributed by atoms with Gasteiger partial charge < -0.3 is 9.38 Å². The SMILES string of the molecule is CC(C)CC(CC(C)C)OP(=O)(O)OCC[N+](C)(C)C. The quantitative estimate of drug-likeness (QED) is 0.497. The van der Waals surface area contributed by atoms with Crippen molar-refractivity contribution in [3.05, 3.63) is 0 Å². The summed E-state index contributed by atoms with van der Waals surface area (Å²) in [5, 5.41) is 0. The molecule has 0 bridgehead atoms. The van der Waals surface area contributed by atoms with Crippen molar-refractivity contribution in [3.63, 3.8) is 0 Å². The van der Waals surface area contributed by atoms with Gasteiger partial charge in [0.05, 0.1) is 27.2 Å². The molecule has 0 spiro atoms. The number of nitrogens with zero attached hydrogens (tertiary/aromatic N) is 1. The molecule has 20 heavy (non-hydrogen) atoms. The predicted molar refractivity (Wildman–Crippen MR) is 82.5 cm³/mol. The molecule has 0 aliphatic carbocycles. The highest BCUT2D eigenvalue weighted by Gasteiger charge is 2.28. The van der Waals surface area contributed by atoms with Crippen LogP contribution in [0.2, 0.25) is 0 Å². The number of quaternary nitrogens is 1. The number of likely N-dealkylation sites (N-methyl/N-ethyl adjacent to an activating group) is 1. The molecule has 0 aromatic carbocycles. The van der Waals surface area contributed by atoms with Crippen LogP contribution in [-0.4, -0.2) is 49.8 Å². The van der Waals surface area contributed by atoms with E-state index in [1.807, 2.05) is 21.1 Å². The molecule has 1 N–H and O–H groups in total. The van der Waals surface area contributed by atoms with Gasteiger partial charge in [0.15, 0.2) is 0 Å². The van der Waals surface area contributed by atoms with Crippen molar-refractivity contribution < 1.29 is 23.0 Å². The maximum absolute atomic E-state index is 12.0. The highest BCUT2D eigenvalue weighted by molar-refractivity contribution is 7.47. The first-order valence-corrected chi connectivity index (χ1v) is 8.87. The summed E-state index contributed by atoms with van der Waals surface area (Å²) >= 11 is 0. The summed E-state index contributed by atoms with van der Waals surface area (Å²) < 4.78 is 23.1. The minimum absolute atomic E-state index is 0.216. The fourth-order valence-corrected chi connectivity index (χ4v) is 2.80. The van der Waals surface area contributed by atoms with E-state index in [1.165, 1.54) is 0 Å². The summed E-state index contributed by atoms with van der Waals surface area (Å²) in [4.78, 5) is 9.81. The number of hydrogen-bond donors (Lipinski definition) is 1. The Kier molecular flexibility index (Phi) is 8.53. The molecule has 122 valence electrons. The van der Waals surface area contributed by atoms with E-state index in [4.69, 9.17) is 9.05 Å². The molecule has 0 saturated heterocycles. The molecule has 6 heteroatoms. The van der Waals surface area contributed by atoms with E-state index in [1.54, 1.807) is 0 Å². The van der Waals surface area contributed by atoms with Gasteiger partial charge in [-0.3, -0.25) is 9.05 Å². The van der Waals surface area contributed by atoms with Crippen LogP contribution in [0.1, 0.15) is 40.5 Å². The Labute approximate surface area is 124 Å². The van der Waals surface area contributed by atoms with Gasteiger partial charge in [0.2, 0.25) is 0 Å². The van der Waals surface area contributed by atoms with Crippen molar-refractivity contribution in [3.8, 4) is 0 Å². The van der Waals surface area contributed by atoms with E-state index in [-0.39, 0.29) is 12.7 Å². The highest BCUT2D eigenvalue weighted by Crippen LogP contribution is 2.46. The first kappa shape index (κ1) is 20.1. The fourth-order valence-electron chi connectivity index (χ4n) is 1.88. The lowest BCUT2D eigenvalue weighted by Crippen LogP contribution is -2.37. The number of rotatable bonds is 10. The second-order valence-electron chi connectivity index (χ2n) is 7.30. The second kappa shape index (κ2) is 8.50. The lowest BCUT2D eigenvalue weighted by atomic mass is 9.98. The van der Waals surface area contributed by atoms with E-state index in [0.29, 0.717) is 22.9 Å². The molecule has 1 unspecified atom stereocenters. The molecule has 0 aliphatic rings. The molecule has 0 radical (unpaired) electrons. The molecular formula is C14H33NO4P+. The van der Waals surface area contributed by atoms with Gasteiger partial charge in [-0.1, -0.05) is 27.7 Å². The molecular weight excluding hydrogens is 277 g/mol. The Morgan fingerprint density at radius 3 is 1.85 bits per heavy atom. The molecule has 0 saturated carbocycles. The van der Waals surface area contributed by atoms with Crippen molar-refractivity contribution in [1.82, 2.24) is 0 Å². The standard InChI is InChI=1S/C14H32NO4P/c1-12(2)10-14(11-13(3)4)19-20(16,17)18-9-8-15(5,6)7/h12-14H,8-11H2,1-7H3/p+1. The zero-order valence-electron chi connectivity index (χ0n) is 14.1. The number of phosphoric ester groups is 1. The van der Waals surface area contributed by atoms with Crippen LogP contribution in [-0.2, 0) is 13.6 Å². The van der Waals surface area contributed by atoms with E-state index in [9.17, 15) is 9.46 Å². The summed E-state index contributed by atoms with van der Waals surface area (Å²) in [5.41, 5.74) is 0. The van der Waals surface area contributed by atoms with Crippen molar-refractivity contribution in [1.29, 1.82) is 0 Å². The van der Waals surface area contributed by atoms with E-state index in [2.05, 4.69) is 27.7 Å². The van der Waals surface area contributed by atoms with Gasteiger partial charge in [-0.05, 0) is 24.7 Å². The summed E-state index contributed by atoms with van der Waals surface area (Å²) in [6, 6.07) is 0. The Hall–Kier alpha value is 0.0700. The summed E-state index contributed by atoms with van der Waals surface area (Å²) in [6.45, 7) is 9.20. The molecule has 0 heterocycles. The molecule has 0 aromatic rings. The highest BCUT2D eigenvalue weighted by atomic mass is 31.2. The van der Waals surface area contributed by atoms with Crippen LogP contribution in [0.4, 0.5) is 0 Å². The van der Waals surface area contributed by atoms with E-state index < -0.39 is 7.82 Å². The third kappa shape index (κ3) is 11.9. The molecule has 0 rings (SSSR count). The lowest BCUT2D eigenvalue weighted by Gasteiger charge is -2.26. The van der Waals surface area contributed by atoms with E-state index in [0.717, 1.165) is 12.8 Å². The predicted octanol–water partition coefficient (Wildman–Crippen LogP) is 3.29. The molecule has 0 aliphatic heterocycles. The van der Waals surface area contributed by atoms with Gasteiger partial charge >= 0.3 is 7.82 Å². The van der Waals surface area contributed by atoms with Crippen LogP contribution in [0.25, 0.3) is 0 Å². The molecule has 0 aromatic heterocycles. The fraction of sp³-hybridized carbons (Fsp3) is 1.00. The van der Waals surface area contributed by atoms with Gasteiger partial charge in [-0.15, -0.1) is 0 Å². The van der Waals surface area contributed by atoms with Crippen molar-refractivity contribution in [2.75, 3.05) is 34.3 Å². The van der Waals surface area contributed by atoms with Gasteiger partial charge in [-0.2, -0.15) is 0 Å². The number of phosphoric acid groups is 1. The van der Waals surface area contributed by atoms with Gasteiger partial charge in [0.25, 0.3) is 0 Å². The maximum Gasteiger partial charge on any atom is 0.472 e. The van der Waals surface area contributed by atoms with Crippen LogP contribution in [0, 0.1) is 11.8 Å². The largest absolute Gasteiger partial charge is 0.472 e. The third-order valence-corrected chi connectivity index (χ3v) is 3.84. The minimum atomic E-state index is -3.96. The van der Waals surface area contributed by atoms with Crippen LogP contribution in [0.15, 0.2) is 0 Å². The zero-order valence-corrected chi connectivity index (χ0v) is 15.0. The van der Waals surface area contributed by atoms with Gasteiger partial charge in [-0.25, -0.2) is 4.57 Å². The molecule has 5 nitrogen and oxygen atoms in total. The van der Waals surface area contributed by atoms with Crippen molar-refractivity contribution >= 4 is 7.82 Å². The maximum atomic E-state index is 12.0. The van der Waals surface area contributed by atoms with Gasteiger partial charge in [0, 0.05) is 0 Å². The summed E-state index contributed by atoms with van der Waals surface area (Å²) in [6.07, 6.45) is 1.30. The first-order chi connectivity index (χ1) is 8.91. The first-order valence-electron chi connectivity index (χ1n) is 7.37. The summed E-state index contributed by atoms with van der Waals surface area (Å²) in [5.74, 6) is 0.843. The second-order valence-corrected chi connectivity index (χ2v) is 8.71. The Bertz CT molecular complexity index is 303. The third-order valence-electron chi connectivity index (χ3n) is 2.77. The minimum Gasteiger partial charge on any atom is -0.329 e. The molecule has 0 fully saturated rings. The topological polar surface area (TPSA) is 55.8 Å². The van der Waals surface area contributed by atoms with Crippen LogP contribution < -0.4 is 0 Å². The normalized spacial score (nSPS) is 16.1. The van der Waals surface area contributed by atoms with Crippen molar-refractivity contribution in [2.45, 2.75) is 46.6 Å². The monoisotopic (exact) mass is 310 g/mol. The Morgan fingerprint density at radius 1 is 1.05 bits per heavy atom. The van der Waals surface area contributed by atoms with Gasteiger partial charge in [0.1, 0.15) is 13.2 Å². The van der Waals surface area contributed by atoms with Crippen molar-refractivity contribution in [2.24, 2.45) is 11.8 Å². The number of hydrogen-bond acceptors (Lipinski definition) is 3. The zero-order chi connectivity index (χ0) is 16.0. The van der Waals surface area contributed by atoms with Crippen LogP contribution in [0.3, 0.4) is 0 Å².